The van der Waals surface area contributed by atoms with E-state index in [1.807, 2.05) is 0 Å². The fourth-order valence-electron chi connectivity index (χ4n) is 3.00. The summed E-state index contributed by atoms with van der Waals surface area (Å²) in [5.41, 5.74) is 12.5. The molecule has 6 N–H and O–H groups in total. The van der Waals surface area contributed by atoms with Gasteiger partial charge in [0, 0.05) is 6.61 Å². The summed E-state index contributed by atoms with van der Waals surface area (Å²) in [6, 6.07) is 0. The number of imidazole rings is 1. The molecule has 0 aliphatic carbocycles. The number of rotatable bonds is 7. The number of anilines is 2. The molecule has 0 saturated carbocycles. The summed E-state index contributed by atoms with van der Waals surface area (Å²) in [4.78, 5) is 12.3. The lowest BCUT2D eigenvalue weighted by Gasteiger charge is -2.22. The quantitative estimate of drug-likeness (QED) is 0.496. The van der Waals surface area contributed by atoms with Crippen molar-refractivity contribution < 1.29 is 19.7 Å². The first-order chi connectivity index (χ1) is 12.1. The monoisotopic (exact) mass is 352 g/mol. The average molecular weight is 352 g/mol. The van der Waals surface area contributed by atoms with Gasteiger partial charge in [-0.15, -0.1) is 0 Å². The molecule has 2 aromatic heterocycles. The van der Waals surface area contributed by atoms with Gasteiger partial charge in [0.1, 0.15) is 23.8 Å². The van der Waals surface area contributed by atoms with Crippen LogP contribution in [-0.2, 0) is 9.47 Å². The Morgan fingerprint density at radius 2 is 2.12 bits per heavy atom. The van der Waals surface area contributed by atoms with Crippen LogP contribution in [0.3, 0.4) is 0 Å². The fraction of sp³-hybridized carbons (Fsp3) is 0.667. The van der Waals surface area contributed by atoms with Gasteiger partial charge in [0.05, 0.1) is 12.8 Å². The van der Waals surface area contributed by atoms with Crippen molar-refractivity contribution in [2.75, 3.05) is 24.7 Å². The third kappa shape index (κ3) is 3.38. The molecule has 0 spiro atoms. The van der Waals surface area contributed by atoms with E-state index in [0.717, 1.165) is 19.3 Å². The highest BCUT2D eigenvalue weighted by Crippen LogP contribution is 2.35. The molecule has 3 rings (SSSR count). The Bertz CT molecular complexity index is 723. The normalized spacial score (nSPS) is 26.5. The molecule has 25 heavy (non-hydrogen) atoms. The Morgan fingerprint density at radius 1 is 1.32 bits per heavy atom. The van der Waals surface area contributed by atoms with Crippen molar-refractivity contribution in [2.45, 2.75) is 50.7 Å². The molecular weight excluding hydrogens is 328 g/mol. The highest BCUT2D eigenvalue weighted by atomic mass is 16.6. The van der Waals surface area contributed by atoms with E-state index in [1.165, 1.54) is 10.8 Å². The summed E-state index contributed by atoms with van der Waals surface area (Å²) in [5.74, 6) is 0.221. The Balaban J connectivity index is 1.92. The standard InChI is InChI=1S/C15H24N6O4/c1-2-3-4-5-24-11-10(23)9(7-22)25-13(11)21-12-8(19-15(21)17)6-18-14(16)20-12/h6,9-11,13,22-23H,2-5,7H2,1H3,(H2,17,19)(H2,16,18,20)/t9-,10-,11-,13-/m1/s1. The average Bonchev–Trinajstić information content (AvgIpc) is 3.07. The first-order valence-electron chi connectivity index (χ1n) is 8.38. The van der Waals surface area contributed by atoms with Gasteiger partial charge >= 0.3 is 0 Å². The molecule has 3 heterocycles. The number of unbranched alkanes of at least 4 members (excludes halogenated alkanes) is 2. The lowest BCUT2D eigenvalue weighted by atomic mass is 10.1. The number of aliphatic hydroxyl groups excluding tert-OH is 2. The van der Waals surface area contributed by atoms with Gasteiger partial charge in [-0.05, 0) is 6.42 Å². The summed E-state index contributed by atoms with van der Waals surface area (Å²) in [7, 11) is 0. The van der Waals surface area contributed by atoms with Crippen molar-refractivity contribution in [1.29, 1.82) is 0 Å². The van der Waals surface area contributed by atoms with Crippen LogP contribution < -0.4 is 11.5 Å². The lowest BCUT2D eigenvalue weighted by molar-refractivity contribution is -0.0700. The summed E-state index contributed by atoms with van der Waals surface area (Å²) >= 11 is 0. The fourth-order valence-corrected chi connectivity index (χ4v) is 3.00. The molecule has 0 radical (unpaired) electrons. The predicted octanol–water partition coefficient (Wildman–Crippen LogP) is -0.183. The second-order valence-electron chi connectivity index (χ2n) is 6.06. The molecule has 1 aliphatic rings. The van der Waals surface area contributed by atoms with Crippen LogP contribution in [0.15, 0.2) is 6.20 Å². The maximum absolute atomic E-state index is 10.5. The predicted molar refractivity (Wildman–Crippen MR) is 90.4 cm³/mol. The Hall–Kier alpha value is -2.01. The highest BCUT2D eigenvalue weighted by Gasteiger charge is 2.46. The van der Waals surface area contributed by atoms with Gasteiger partial charge in [-0.2, -0.15) is 4.98 Å². The third-order valence-electron chi connectivity index (χ3n) is 4.28. The van der Waals surface area contributed by atoms with E-state index in [1.54, 1.807) is 0 Å². The minimum Gasteiger partial charge on any atom is -0.394 e. The molecule has 2 aromatic rings. The number of fused-ring (bicyclic) bond motifs is 1. The zero-order valence-corrected chi connectivity index (χ0v) is 14.1. The summed E-state index contributed by atoms with van der Waals surface area (Å²) in [6.45, 7) is 2.23. The van der Waals surface area contributed by atoms with Crippen LogP contribution >= 0.6 is 0 Å². The van der Waals surface area contributed by atoms with Gasteiger partial charge in [0.15, 0.2) is 11.9 Å². The van der Waals surface area contributed by atoms with Crippen LogP contribution in [0.25, 0.3) is 11.2 Å². The summed E-state index contributed by atoms with van der Waals surface area (Å²) in [6.07, 6.45) is 1.17. The minimum absolute atomic E-state index is 0.0753. The SMILES string of the molecule is CCCCCO[C@@H]1[C@H](O)[C@@H](CO)O[C@H]1n1c(N)nc2cnc(N)nc21. The smallest absolute Gasteiger partial charge is 0.222 e. The number of ether oxygens (including phenoxy) is 2. The second kappa shape index (κ2) is 7.48. The van der Waals surface area contributed by atoms with Crippen molar-refractivity contribution in [3.63, 3.8) is 0 Å². The number of nitrogens with zero attached hydrogens (tertiary/aromatic N) is 4. The molecule has 10 heteroatoms. The van der Waals surface area contributed by atoms with Crippen LogP contribution in [0.5, 0.6) is 0 Å². The molecule has 0 aromatic carbocycles. The van der Waals surface area contributed by atoms with Crippen LogP contribution in [0.1, 0.15) is 32.4 Å². The van der Waals surface area contributed by atoms with Crippen molar-refractivity contribution in [1.82, 2.24) is 19.5 Å². The number of nitrogens with two attached hydrogens (primary N) is 2. The van der Waals surface area contributed by atoms with E-state index in [4.69, 9.17) is 20.9 Å². The maximum Gasteiger partial charge on any atom is 0.222 e. The number of hydrogen-bond donors (Lipinski definition) is 4. The molecule has 1 aliphatic heterocycles. The van der Waals surface area contributed by atoms with Crippen LogP contribution in [0.2, 0.25) is 0 Å². The van der Waals surface area contributed by atoms with Gasteiger partial charge in [-0.1, -0.05) is 19.8 Å². The molecule has 138 valence electrons. The van der Waals surface area contributed by atoms with E-state index in [-0.39, 0.29) is 18.5 Å². The van der Waals surface area contributed by atoms with E-state index < -0.39 is 24.5 Å². The number of hydrogen-bond acceptors (Lipinski definition) is 9. The first kappa shape index (κ1) is 17.8. The van der Waals surface area contributed by atoms with Gasteiger partial charge in [0.2, 0.25) is 11.9 Å². The van der Waals surface area contributed by atoms with Crippen molar-refractivity contribution in [3.05, 3.63) is 6.20 Å². The van der Waals surface area contributed by atoms with Gasteiger partial charge in [-0.25, -0.2) is 9.97 Å². The topological polar surface area (TPSA) is 155 Å². The van der Waals surface area contributed by atoms with Gasteiger partial charge in [-0.3, -0.25) is 4.57 Å². The molecule has 0 amide bonds. The van der Waals surface area contributed by atoms with Crippen molar-refractivity contribution >= 4 is 23.1 Å². The van der Waals surface area contributed by atoms with E-state index in [2.05, 4.69) is 21.9 Å². The van der Waals surface area contributed by atoms with E-state index >= 15 is 0 Å². The molecule has 1 saturated heterocycles. The number of nitrogen functional groups attached to an aromatic ring is 2. The van der Waals surface area contributed by atoms with Crippen molar-refractivity contribution in [3.8, 4) is 0 Å². The maximum atomic E-state index is 10.5. The summed E-state index contributed by atoms with van der Waals surface area (Å²) < 4.78 is 13.2. The minimum atomic E-state index is -0.993. The lowest BCUT2D eigenvalue weighted by Crippen LogP contribution is -2.36. The van der Waals surface area contributed by atoms with Crippen LogP contribution in [-0.4, -0.2) is 61.3 Å². The van der Waals surface area contributed by atoms with Gasteiger partial charge < -0.3 is 31.2 Å². The molecule has 0 unspecified atom stereocenters. The van der Waals surface area contributed by atoms with Crippen LogP contribution in [0, 0.1) is 0 Å². The zero-order chi connectivity index (χ0) is 18.0. The van der Waals surface area contributed by atoms with Gasteiger partial charge in [0.25, 0.3) is 0 Å². The molecule has 10 nitrogen and oxygen atoms in total. The Kier molecular flexibility index (Phi) is 5.33. The number of aromatic nitrogens is 4. The molecular formula is C15H24N6O4. The van der Waals surface area contributed by atoms with E-state index in [9.17, 15) is 10.2 Å². The zero-order valence-electron chi connectivity index (χ0n) is 14.1. The third-order valence-corrected chi connectivity index (χ3v) is 4.28. The molecule has 0 bridgehead atoms. The Morgan fingerprint density at radius 3 is 2.84 bits per heavy atom. The first-order valence-corrected chi connectivity index (χ1v) is 8.38. The highest BCUT2D eigenvalue weighted by molar-refractivity contribution is 5.74. The summed E-state index contributed by atoms with van der Waals surface area (Å²) in [5, 5.41) is 19.9. The second-order valence-corrected chi connectivity index (χ2v) is 6.06. The Labute approximate surface area is 144 Å². The number of aliphatic hydroxyl groups is 2. The largest absolute Gasteiger partial charge is 0.394 e. The molecule has 4 atom stereocenters. The van der Waals surface area contributed by atoms with E-state index in [0.29, 0.717) is 17.8 Å². The van der Waals surface area contributed by atoms with Crippen LogP contribution in [0.4, 0.5) is 11.9 Å². The van der Waals surface area contributed by atoms with Crippen molar-refractivity contribution in [2.24, 2.45) is 0 Å². The molecule has 1 fully saturated rings.